The van der Waals surface area contributed by atoms with Crippen molar-refractivity contribution in [2.45, 2.75) is 109 Å². The van der Waals surface area contributed by atoms with Crippen LogP contribution >= 0.6 is 0 Å². The Kier molecular flexibility index (Phi) is 10.8. The number of rotatable bonds is 10. The molecule has 4 aliphatic heterocycles. The van der Waals surface area contributed by atoms with Gasteiger partial charge >= 0.3 is 0 Å². The van der Waals surface area contributed by atoms with Crippen LogP contribution < -0.4 is 26.4 Å². The van der Waals surface area contributed by atoms with Gasteiger partial charge in [-0.25, -0.2) is 9.97 Å². The van der Waals surface area contributed by atoms with Crippen molar-refractivity contribution in [2.24, 2.45) is 0 Å². The number of nitrogens with one attached hydrogen (secondary N) is 3. The van der Waals surface area contributed by atoms with Crippen LogP contribution in [0, 0.1) is 6.92 Å². The van der Waals surface area contributed by atoms with Crippen molar-refractivity contribution in [3.8, 4) is 0 Å². The number of nitrogens with zero attached hydrogens (tertiary/aromatic N) is 7. The summed E-state index contributed by atoms with van der Waals surface area (Å²) in [5, 5.41) is 10.1. The first-order chi connectivity index (χ1) is 29.0. The number of fused-ring (bicyclic) bond motifs is 2. The molecule has 3 saturated heterocycles. The van der Waals surface area contributed by atoms with E-state index in [9.17, 15) is 28.8 Å². The lowest BCUT2D eigenvalue weighted by molar-refractivity contribution is -0.136. The van der Waals surface area contributed by atoms with Crippen LogP contribution in [0.3, 0.4) is 0 Å². The molecule has 9 rings (SSSR count). The predicted molar refractivity (Wildman–Crippen MR) is 223 cm³/mol. The maximum atomic E-state index is 13.6. The standard InChI is InChI=1S/C44H50N10O6/c1-25-34-22-46-44(50-39(34)53(30-7-3-4-8-30)43(60)38(25)26(2)55)48-36-13-9-27(21-45-36)23-51-18-15-28(16-19-51)47-29-6-5-17-52(24-29)31-10-11-32-33(20-31)42(59)54(41(32)58)35-12-14-37(56)49-40(35)57/h9-11,13,20-22,28-30,35,47H,3-8,12,14-19,23-24H2,1-2H3,(H,49,56,57)(H,45,46,48,50)/t29-,35?/m0/s1. The molecule has 0 spiro atoms. The number of pyridine rings is 2. The van der Waals surface area contributed by atoms with E-state index in [-0.39, 0.29) is 41.8 Å². The van der Waals surface area contributed by atoms with E-state index in [0.717, 1.165) is 100 Å². The van der Waals surface area contributed by atoms with Crippen LogP contribution in [0.5, 0.6) is 0 Å². The molecular weight excluding hydrogens is 765 g/mol. The number of benzene rings is 1. The van der Waals surface area contributed by atoms with Gasteiger partial charge in [0.1, 0.15) is 17.5 Å². The normalized spacial score (nSPS) is 21.8. The SMILES string of the molecule is CC(=O)c1c(C)c2cnc(Nc3ccc(CN4CCC(N[C@H]5CCCN(c6ccc7c(c6)C(=O)N(C6CCC(=O)NC6=O)C7=O)C5)CC4)cn3)nc2n(C2CCCC2)c1=O. The van der Waals surface area contributed by atoms with Crippen molar-refractivity contribution in [1.82, 2.24) is 40.0 Å². The molecule has 3 aromatic heterocycles. The Morgan fingerprint density at radius 3 is 2.37 bits per heavy atom. The summed E-state index contributed by atoms with van der Waals surface area (Å²) in [7, 11) is 0. The summed E-state index contributed by atoms with van der Waals surface area (Å²) >= 11 is 0. The Balaban J connectivity index is 0.779. The predicted octanol–water partition coefficient (Wildman–Crippen LogP) is 4.18. The lowest BCUT2D eigenvalue weighted by Crippen LogP contribution is -2.54. The topological polar surface area (TPSA) is 192 Å². The van der Waals surface area contributed by atoms with E-state index in [1.807, 2.05) is 18.3 Å². The van der Waals surface area contributed by atoms with Gasteiger partial charge in [0.15, 0.2) is 5.78 Å². The molecule has 0 bridgehead atoms. The van der Waals surface area contributed by atoms with Gasteiger partial charge in [-0.2, -0.15) is 4.98 Å². The number of piperidine rings is 3. The van der Waals surface area contributed by atoms with Crippen molar-refractivity contribution >= 4 is 57.9 Å². The Morgan fingerprint density at radius 1 is 0.850 bits per heavy atom. The number of aromatic nitrogens is 4. The molecule has 4 fully saturated rings. The molecule has 60 heavy (non-hydrogen) atoms. The van der Waals surface area contributed by atoms with E-state index in [1.54, 1.807) is 29.8 Å². The molecule has 16 heteroatoms. The van der Waals surface area contributed by atoms with Crippen LogP contribution in [0.1, 0.15) is 119 Å². The molecule has 0 radical (unpaired) electrons. The van der Waals surface area contributed by atoms with Gasteiger partial charge in [-0.1, -0.05) is 18.9 Å². The maximum absolute atomic E-state index is 13.6. The Bertz CT molecular complexity index is 2450. The largest absolute Gasteiger partial charge is 0.370 e. The highest BCUT2D eigenvalue weighted by Gasteiger charge is 2.45. The summed E-state index contributed by atoms with van der Waals surface area (Å²) < 4.78 is 1.71. The zero-order chi connectivity index (χ0) is 41.7. The average molecular weight is 815 g/mol. The number of hydrogen-bond acceptors (Lipinski definition) is 13. The Morgan fingerprint density at radius 2 is 1.63 bits per heavy atom. The van der Waals surface area contributed by atoms with Crippen molar-refractivity contribution < 1.29 is 24.0 Å². The number of imide groups is 2. The molecule has 1 saturated carbocycles. The third-order valence-electron chi connectivity index (χ3n) is 13.0. The zero-order valence-electron chi connectivity index (χ0n) is 34.0. The van der Waals surface area contributed by atoms with Gasteiger partial charge in [0.25, 0.3) is 17.4 Å². The molecular formula is C44H50N10O6. The van der Waals surface area contributed by atoms with Crippen molar-refractivity contribution in [2.75, 3.05) is 36.4 Å². The molecule has 7 heterocycles. The van der Waals surface area contributed by atoms with E-state index in [2.05, 4.69) is 41.8 Å². The highest BCUT2D eigenvalue weighted by atomic mass is 16.2. The lowest BCUT2D eigenvalue weighted by Gasteiger charge is -2.39. The second kappa shape index (κ2) is 16.3. The zero-order valence-corrected chi connectivity index (χ0v) is 34.0. The summed E-state index contributed by atoms with van der Waals surface area (Å²) in [5.74, 6) is -1.28. The fourth-order valence-corrected chi connectivity index (χ4v) is 9.87. The summed E-state index contributed by atoms with van der Waals surface area (Å²) in [4.78, 5) is 96.5. The smallest absolute Gasteiger partial charge is 0.263 e. The number of ketones is 1. The third-order valence-corrected chi connectivity index (χ3v) is 13.0. The van der Waals surface area contributed by atoms with E-state index in [4.69, 9.17) is 4.98 Å². The van der Waals surface area contributed by atoms with Crippen molar-refractivity contribution in [3.05, 3.63) is 80.9 Å². The fraction of sp³-hybridized carbons (Fsp3) is 0.477. The van der Waals surface area contributed by atoms with Crippen molar-refractivity contribution in [1.29, 1.82) is 0 Å². The first-order valence-electron chi connectivity index (χ1n) is 21.3. The molecule has 1 aromatic carbocycles. The summed E-state index contributed by atoms with van der Waals surface area (Å²) in [6, 6.07) is 9.03. The quantitative estimate of drug-likeness (QED) is 0.153. The van der Waals surface area contributed by atoms with Gasteiger partial charge in [-0.3, -0.25) is 48.5 Å². The summed E-state index contributed by atoms with van der Waals surface area (Å²) in [6.07, 6.45) is 11.7. The Hall–Kier alpha value is -5.87. The van der Waals surface area contributed by atoms with Crippen LogP contribution in [-0.4, -0.2) is 103 Å². The van der Waals surface area contributed by atoms with Gasteiger partial charge in [0, 0.05) is 67.6 Å². The number of hydrogen-bond donors (Lipinski definition) is 3. The van der Waals surface area contributed by atoms with Crippen LogP contribution in [0.4, 0.5) is 17.5 Å². The van der Waals surface area contributed by atoms with Gasteiger partial charge in [-0.05, 0) is 107 Å². The minimum atomic E-state index is -0.980. The minimum absolute atomic E-state index is 0.00603. The highest BCUT2D eigenvalue weighted by molar-refractivity contribution is 6.23. The van der Waals surface area contributed by atoms with Crippen LogP contribution in [0.25, 0.3) is 11.0 Å². The van der Waals surface area contributed by atoms with E-state index in [1.165, 1.54) is 6.92 Å². The number of carbonyl (C=O) groups excluding carboxylic acids is 5. The molecule has 16 nitrogen and oxygen atoms in total. The molecule has 3 N–H and O–H groups in total. The van der Waals surface area contributed by atoms with E-state index < -0.39 is 29.7 Å². The minimum Gasteiger partial charge on any atom is -0.370 e. The maximum Gasteiger partial charge on any atom is 0.263 e. The molecule has 1 aliphatic carbocycles. The Labute approximate surface area is 347 Å². The molecule has 2 atom stereocenters. The van der Waals surface area contributed by atoms with Crippen LogP contribution in [0.15, 0.2) is 47.5 Å². The molecule has 1 unspecified atom stereocenters. The van der Waals surface area contributed by atoms with Gasteiger partial charge in [-0.15, -0.1) is 0 Å². The molecule has 4 aromatic rings. The van der Waals surface area contributed by atoms with Gasteiger partial charge < -0.3 is 15.5 Å². The second-order valence-corrected chi connectivity index (χ2v) is 17.0. The fourth-order valence-electron chi connectivity index (χ4n) is 9.87. The monoisotopic (exact) mass is 814 g/mol. The van der Waals surface area contributed by atoms with Crippen molar-refractivity contribution in [3.63, 3.8) is 0 Å². The first-order valence-corrected chi connectivity index (χ1v) is 21.3. The number of Topliss-reactive ketones (excluding diaryl/α,β-unsaturated/α-hetero) is 1. The lowest BCUT2D eigenvalue weighted by atomic mass is 9.99. The molecule has 5 aliphatic rings. The highest BCUT2D eigenvalue weighted by Crippen LogP contribution is 2.34. The number of carbonyl (C=O) groups is 5. The third kappa shape index (κ3) is 7.58. The number of amides is 4. The summed E-state index contributed by atoms with van der Waals surface area (Å²) in [5.41, 5.74) is 3.67. The van der Waals surface area contributed by atoms with Gasteiger partial charge in [0.2, 0.25) is 17.8 Å². The number of likely N-dealkylation sites (tertiary alicyclic amines) is 1. The molecule has 4 amide bonds. The second-order valence-electron chi connectivity index (χ2n) is 17.0. The summed E-state index contributed by atoms with van der Waals surface area (Å²) in [6.45, 7) is 7.55. The van der Waals surface area contributed by atoms with Crippen LogP contribution in [-0.2, 0) is 16.1 Å². The first kappa shape index (κ1) is 39.6. The van der Waals surface area contributed by atoms with Crippen LogP contribution in [0.2, 0.25) is 0 Å². The average Bonchev–Trinajstić information content (AvgIpc) is 3.85. The van der Waals surface area contributed by atoms with Gasteiger partial charge in [0.05, 0.1) is 16.7 Å². The van der Waals surface area contributed by atoms with E-state index in [0.29, 0.717) is 45.5 Å². The number of aryl methyl sites for hydroxylation is 1. The number of anilines is 3. The van der Waals surface area contributed by atoms with E-state index >= 15 is 0 Å². The molecule has 312 valence electrons.